The molecule has 3 rings (SSSR count). The predicted octanol–water partition coefficient (Wildman–Crippen LogP) is 3.84. The van der Waals surface area contributed by atoms with E-state index in [0.717, 1.165) is 11.1 Å². The van der Waals surface area contributed by atoms with E-state index in [1.165, 1.54) is 6.21 Å². The fourth-order valence-corrected chi connectivity index (χ4v) is 3.41. The van der Waals surface area contributed by atoms with Crippen LogP contribution in [0.2, 0.25) is 5.02 Å². The predicted molar refractivity (Wildman–Crippen MR) is 149 cm³/mol. The molecule has 0 spiro atoms. The average molecular weight is 553 g/mol. The molecule has 0 aliphatic heterocycles. The van der Waals surface area contributed by atoms with Crippen molar-refractivity contribution < 1.29 is 28.6 Å². The van der Waals surface area contributed by atoms with Crippen LogP contribution in [0.15, 0.2) is 65.8 Å². The van der Waals surface area contributed by atoms with Crippen molar-refractivity contribution in [2.24, 2.45) is 5.10 Å². The van der Waals surface area contributed by atoms with E-state index in [1.807, 2.05) is 19.9 Å². The van der Waals surface area contributed by atoms with E-state index < -0.39 is 11.8 Å². The van der Waals surface area contributed by atoms with Crippen LogP contribution in [0, 0.1) is 6.92 Å². The number of aryl methyl sites for hydroxylation is 1. The number of carbonyl (C=O) groups is 3. The molecule has 204 valence electrons. The highest BCUT2D eigenvalue weighted by atomic mass is 35.5. The Balaban J connectivity index is 1.51. The van der Waals surface area contributed by atoms with Crippen LogP contribution >= 0.6 is 11.6 Å². The molecule has 0 fully saturated rings. The molecule has 3 N–H and O–H groups in total. The van der Waals surface area contributed by atoms with Gasteiger partial charge in [-0.1, -0.05) is 29.8 Å². The van der Waals surface area contributed by atoms with Crippen molar-refractivity contribution >= 4 is 41.2 Å². The normalized spacial score (nSPS) is 10.6. The molecule has 0 atom stereocenters. The van der Waals surface area contributed by atoms with Crippen molar-refractivity contribution in [3.05, 3.63) is 82.4 Å². The van der Waals surface area contributed by atoms with Gasteiger partial charge in [-0.05, 0) is 73.0 Å². The standard InChI is InChI=1S/C28H29ClN4O6/c1-4-38-25-13-20(8-12-24(25)39-17-26(34)32-21-9-5-18(2)23(29)14-21)16-31-33-28(36)27(35)30-15-19-6-10-22(37-3)11-7-19/h5-14,16H,4,15,17H2,1-3H3,(H,30,35)(H,32,34)(H,33,36)/b31-16-. The highest BCUT2D eigenvalue weighted by Gasteiger charge is 2.13. The molecule has 11 heteroatoms. The molecule has 3 aromatic rings. The van der Waals surface area contributed by atoms with E-state index in [1.54, 1.807) is 61.7 Å². The van der Waals surface area contributed by atoms with E-state index in [9.17, 15) is 14.4 Å². The Hall–Kier alpha value is -4.57. The summed E-state index contributed by atoms with van der Waals surface area (Å²) in [4.78, 5) is 36.4. The number of hydrogen-bond acceptors (Lipinski definition) is 7. The summed E-state index contributed by atoms with van der Waals surface area (Å²) in [5.41, 5.74) is 5.04. The van der Waals surface area contributed by atoms with Crippen LogP contribution in [0.25, 0.3) is 0 Å². The molecule has 0 heterocycles. The number of hydrazone groups is 1. The van der Waals surface area contributed by atoms with E-state index in [0.29, 0.717) is 40.1 Å². The fraction of sp³-hybridized carbons (Fsp3) is 0.214. The van der Waals surface area contributed by atoms with Gasteiger partial charge in [-0.3, -0.25) is 14.4 Å². The summed E-state index contributed by atoms with van der Waals surface area (Å²) >= 11 is 6.10. The van der Waals surface area contributed by atoms with E-state index in [4.69, 9.17) is 25.8 Å². The third-order valence-electron chi connectivity index (χ3n) is 5.28. The van der Waals surface area contributed by atoms with E-state index >= 15 is 0 Å². The Morgan fingerprint density at radius 2 is 1.72 bits per heavy atom. The zero-order valence-electron chi connectivity index (χ0n) is 21.7. The van der Waals surface area contributed by atoms with Crippen LogP contribution in [0.1, 0.15) is 23.6 Å². The van der Waals surface area contributed by atoms with Crippen molar-refractivity contribution in [1.29, 1.82) is 0 Å². The van der Waals surface area contributed by atoms with Gasteiger partial charge in [0.1, 0.15) is 5.75 Å². The number of nitrogens with one attached hydrogen (secondary N) is 3. The second kappa shape index (κ2) is 14.4. The summed E-state index contributed by atoms with van der Waals surface area (Å²) in [5.74, 6) is -0.669. The third kappa shape index (κ3) is 9.04. The van der Waals surface area contributed by atoms with Crippen LogP contribution in [-0.4, -0.2) is 44.3 Å². The molecule has 10 nitrogen and oxygen atoms in total. The molecule has 0 saturated carbocycles. The largest absolute Gasteiger partial charge is 0.497 e. The minimum absolute atomic E-state index is 0.177. The highest BCUT2D eigenvalue weighted by Crippen LogP contribution is 2.28. The Kier molecular flexibility index (Phi) is 10.7. The SMILES string of the molecule is CCOc1cc(/C=N\NC(=O)C(=O)NCc2ccc(OC)cc2)ccc1OCC(=O)Nc1ccc(C)c(Cl)c1. The minimum Gasteiger partial charge on any atom is -0.497 e. The Morgan fingerprint density at radius 1 is 0.949 bits per heavy atom. The highest BCUT2D eigenvalue weighted by molar-refractivity contribution is 6.35. The Bertz CT molecular complexity index is 1340. The lowest BCUT2D eigenvalue weighted by Gasteiger charge is -2.13. The third-order valence-corrected chi connectivity index (χ3v) is 5.69. The van der Waals surface area contributed by atoms with Crippen LogP contribution < -0.4 is 30.3 Å². The molecule has 3 amide bonds. The van der Waals surface area contributed by atoms with E-state index in [-0.39, 0.29) is 19.1 Å². The van der Waals surface area contributed by atoms with Crippen molar-refractivity contribution in [3.8, 4) is 17.2 Å². The monoisotopic (exact) mass is 552 g/mol. The number of ether oxygens (including phenoxy) is 3. The topological polar surface area (TPSA) is 127 Å². The lowest BCUT2D eigenvalue weighted by molar-refractivity contribution is -0.139. The second-order valence-corrected chi connectivity index (χ2v) is 8.58. The Morgan fingerprint density at radius 3 is 2.41 bits per heavy atom. The summed E-state index contributed by atoms with van der Waals surface area (Å²) < 4.78 is 16.3. The number of hydrogen-bond donors (Lipinski definition) is 3. The average Bonchev–Trinajstić information content (AvgIpc) is 2.93. The van der Waals surface area contributed by atoms with E-state index in [2.05, 4.69) is 21.2 Å². The van der Waals surface area contributed by atoms with Gasteiger partial charge in [-0.25, -0.2) is 5.43 Å². The van der Waals surface area contributed by atoms with Gasteiger partial charge in [0.05, 0.1) is 19.9 Å². The molecule has 0 unspecified atom stereocenters. The molecule has 0 bridgehead atoms. The Labute approximate surface area is 231 Å². The van der Waals surface area contributed by atoms with Gasteiger partial charge in [0.25, 0.3) is 5.91 Å². The first-order valence-electron chi connectivity index (χ1n) is 12.0. The molecule has 0 aromatic heterocycles. The molecule has 0 aliphatic carbocycles. The first-order valence-corrected chi connectivity index (χ1v) is 12.4. The van der Waals surface area contributed by atoms with Gasteiger partial charge < -0.3 is 24.8 Å². The van der Waals surface area contributed by atoms with Crippen molar-refractivity contribution in [1.82, 2.24) is 10.7 Å². The molecular weight excluding hydrogens is 524 g/mol. The van der Waals surface area contributed by atoms with Crippen LogP contribution in [-0.2, 0) is 20.9 Å². The maximum Gasteiger partial charge on any atom is 0.329 e. The van der Waals surface area contributed by atoms with Crippen LogP contribution in [0.5, 0.6) is 17.2 Å². The summed E-state index contributed by atoms with van der Waals surface area (Å²) in [5, 5.41) is 9.63. The molecule has 3 aromatic carbocycles. The number of anilines is 1. The van der Waals surface area contributed by atoms with Crippen LogP contribution in [0.3, 0.4) is 0 Å². The smallest absolute Gasteiger partial charge is 0.329 e. The number of rotatable bonds is 11. The molecular formula is C28H29ClN4O6. The number of halogens is 1. The lowest BCUT2D eigenvalue weighted by atomic mass is 10.2. The molecule has 0 radical (unpaired) electrons. The van der Waals surface area contributed by atoms with Gasteiger partial charge in [0.2, 0.25) is 0 Å². The molecule has 39 heavy (non-hydrogen) atoms. The maximum atomic E-state index is 12.3. The summed E-state index contributed by atoms with van der Waals surface area (Å²) in [7, 11) is 1.56. The van der Waals surface area contributed by atoms with Crippen molar-refractivity contribution in [2.75, 3.05) is 25.6 Å². The first kappa shape index (κ1) is 29.0. The minimum atomic E-state index is -0.911. The van der Waals surface area contributed by atoms with Gasteiger partial charge in [0, 0.05) is 17.3 Å². The van der Waals surface area contributed by atoms with Crippen molar-refractivity contribution in [3.63, 3.8) is 0 Å². The quantitative estimate of drug-likeness (QED) is 0.188. The number of benzene rings is 3. The number of nitrogens with zero attached hydrogens (tertiary/aromatic N) is 1. The molecule has 0 saturated heterocycles. The molecule has 0 aliphatic rings. The van der Waals surface area contributed by atoms with Gasteiger partial charge >= 0.3 is 11.8 Å². The van der Waals surface area contributed by atoms with Gasteiger partial charge in [-0.2, -0.15) is 5.10 Å². The van der Waals surface area contributed by atoms with Crippen LogP contribution in [0.4, 0.5) is 5.69 Å². The summed E-state index contributed by atoms with van der Waals surface area (Å²) in [6.45, 7) is 3.96. The lowest BCUT2D eigenvalue weighted by Crippen LogP contribution is -2.37. The second-order valence-electron chi connectivity index (χ2n) is 8.17. The summed E-state index contributed by atoms with van der Waals surface area (Å²) in [6.07, 6.45) is 1.36. The zero-order valence-corrected chi connectivity index (χ0v) is 22.5. The zero-order chi connectivity index (χ0) is 28.2. The first-order chi connectivity index (χ1) is 18.8. The van der Waals surface area contributed by atoms with Crippen molar-refractivity contribution in [2.45, 2.75) is 20.4 Å². The number of amides is 3. The number of carbonyl (C=O) groups excluding carboxylic acids is 3. The fourth-order valence-electron chi connectivity index (χ4n) is 3.23. The van der Waals surface area contributed by atoms with Gasteiger partial charge in [0.15, 0.2) is 18.1 Å². The number of methoxy groups -OCH3 is 1. The maximum absolute atomic E-state index is 12.3. The summed E-state index contributed by atoms with van der Waals surface area (Å²) in [6, 6.07) is 17.2. The van der Waals surface area contributed by atoms with Gasteiger partial charge in [-0.15, -0.1) is 0 Å².